The molecular weight excluding hydrogens is 279 g/mol. The van der Waals surface area contributed by atoms with Gasteiger partial charge in [0, 0.05) is 4.47 Å². The molecule has 0 unspecified atom stereocenters. The first-order chi connectivity index (χ1) is 5.15. The van der Waals surface area contributed by atoms with Crippen molar-refractivity contribution in [3.05, 3.63) is 32.5 Å². The third-order valence-corrected chi connectivity index (χ3v) is 3.19. The van der Waals surface area contributed by atoms with E-state index in [1.165, 1.54) is 6.07 Å². The van der Waals surface area contributed by atoms with E-state index in [2.05, 4.69) is 31.9 Å². The van der Waals surface area contributed by atoms with E-state index in [1.54, 1.807) is 6.07 Å². The molecule has 0 heterocycles. The number of halogens is 3. The van der Waals surface area contributed by atoms with Gasteiger partial charge in [-0.2, -0.15) is 0 Å². The van der Waals surface area contributed by atoms with Crippen LogP contribution in [0.15, 0.2) is 21.1 Å². The first kappa shape index (κ1) is 9.16. The number of hydrogen-bond acceptors (Lipinski definition) is 1. The fourth-order valence-electron chi connectivity index (χ4n) is 0.699. The lowest BCUT2D eigenvalue weighted by Gasteiger charge is -2.00. The van der Waals surface area contributed by atoms with Crippen LogP contribution in [0, 0.1) is 5.82 Å². The van der Waals surface area contributed by atoms with E-state index in [-0.39, 0.29) is 12.4 Å². The molecule has 60 valence electrons. The van der Waals surface area contributed by atoms with E-state index >= 15 is 0 Å². The molecule has 0 atom stereocenters. The molecule has 1 aromatic carbocycles. The minimum atomic E-state index is -0.372. The van der Waals surface area contributed by atoms with Crippen molar-refractivity contribution in [1.29, 1.82) is 0 Å². The molecule has 0 amide bonds. The number of benzene rings is 1. The molecule has 11 heavy (non-hydrogen) atoms. The van der Waals surface area contributed by atoms with Crippen molar-refractivity contribution in [2.75, 3.05) is 0 Å². The van der Waals surface area contributed by atoms with Crippen LogP contribution in [0.4, 0.5) is 4.39 Å². The predicted octanol–water partition coefficient (Wildman–Crippen LogP) is 2.84. The Bertz CT molecular complexity index is 252. The Morgan fingerprint density at radius 1 is 1.36 bits per heavy atom. The van der Waals surface area contributed by atoms with Gasteiger partial charge < -0.3 is 5.11 Å². The van der Waals surface area contributed by atoms with E-state index in [0.717, 1.165) is 0 Å². The van der Waals surface area contributed by atoms with Gasteiger partial charge in [-0.3, -0.25) is 0 Å². The summed E-state index contributed by atoms with van der Waals surface area (Å²) in [6.07, 6.45) is 0. The molecule has 0 saturated heterocycles. The Kier molecular flexibility index (Phi) is 3.04. The Labute approximate surface area is 80.5 Å². The third-order valence-electron chi connectivity index (χ3n) is 1.23. The molecule has 0 bridgehead atoms. The standard InChI is InChI=1S/C7H5Br2FO/c8-5-1-4(3-11)2-6(10)7(5)9/h1-2,11H,3H2. The molecule has 0 fully saturated rings. The maximum absolute atomic E-state index is 12.8. The Hall–Kier alpha value is 0.0700. The molecule has 0 saturated carbocycles. The van der Waals surface area contributed by atoms with Crippen LogP contribution < -0.4 is 0 Å². The number of hydrogen-bond donors (Lipinski definition) is 1. The zero-order chi connectivity index (χ0) is 8.43. The van der Waals surface area contributed by atoms with Crippen molar-refractivity contribution in [3.8, 4) is 0 Å². The fourth-order valence-corrected chi connectivity index (χ4v) is 1.41. The average Bonchev–Trinajstić information content (AvgIpc) is 1.99. The van der Waals surface area contributed by atoms with E-state index in [4.69, 9.17) is 5.11 Å². The summed E-state index contributed by atoms with van der Waals surface area (Å²) in [4.78, 5) is 0. The van der Waals surface area contributed by atoms with Crippen LogP contribution >= 0.6 is 31.9 Å². The molecule has 0 aliphatic heterocycles. The predicted molar refractivity (Wildman–Crippen MR) is 47.7 cm³/mol. The zero-order valence-electron chi connectivity index (χ0n) is 5.44. The Balaban J connectivity index is 3.21. The van der Waals surface area contributed by atoms with Crippen molar-refractivity contribution >= 4 is 31.9 Å². The Morgan fingerprint density at radius 2 is 2.00 bits per heavy atom. The van der Waals surface area contributed by atoms with Crippen LogP contribution in [-0.2, 0) is 6.61 Å². The molecule has 1 rings (SSSR count). The first-order valence-electron chi connectivity index (χ1n) is 2.89. The smallest absolute Gasteiger partial charge is 0.138 e. The zero-order valence-corrected chi connectivity index (χ0v) is 8.61. The van der Waals surface area contributed by atoms with Crippen LogP contribution in [0.5, 0.6) is 0 Å². The third kappa shape index (κ3) is 2.01. The molecule has 0 aliphatic carbocycles. The van der Waals surface area contributed by atoms with Gasteiger partial charge in [-0.25, -0.2) is 4.39 Å². The highest BCUT2D eigenvalue weighted by Crippen LogP contribution is 2.27. The molecule has 0 spiro atoms. The summed E-state index contributed by atoms with van der Waals surface area (Å²) in [5, 5.41) is 8.67. The number of aliphatic hydroxyl groups is 1. The van der Waals surface area contributed by atoms with Gasteiger partial charge in [0.1, 0.15) is 5.82 Å². The van der Waals surface area contributed by atoms with Gasteiger partial charge in [0.15, 0.2) is 0 Å². The lowest BCUT2D eigenvalue weighted by Crippen LogP contribution is -1.87. The lowest BCUT2D eigenvalue weighted by molar-refractivity contribution is 0.281. The van der Waals surface area contributed by atoms with Gasteiger partial charge in [0.05, 0.1) is 11.1 Å². The van der Waals surface area contributed by atoms with E-state index in [9.17, 15) is 4.39 Å². The van der Waals surface area contributed by atoms with Gasteiger partial charge in [-0.1, -0.05) is 0 Å². The quantitative estimate of drug-likeness (QED) is 0.786. The molecule has 4 heteroatoms. The molecule has 1 nitrogen and oxygen atoms in total. The average molecular weight is 284 g/mol. The van der Waals surface area contributed by atoms with Crippen molar-refractivity contribution in [3.63, 3.8) is 0 Å². The highest BCUT2D eigenvalue weighted by Gasteiger charge is 2.04. The van der Waals surface area contributed by atoms with E-state index < -0.39 is 0 Å². The second kappa shape index (κ2) is 3.65. The van der Waals surface area contributed by atoms with Gasteiger partial charge >= 0.3 is 0 Å². The summed E-state index contributed by atoms with van der Waals surface area (Å²) in [6.45, 7) is -0.150. The molecule has 1 N–H and O–H groups in total. The molecular formula is C7H5Br2FO. The second-order valence-corrected chi connectivity index (χ2v) is 3.68. The first-order valence-corrected chi connectivity index (χ1v) is 4.48. The number of rotatable bonds is 1. The highest BCUT2D eigenvalue weighted by molar-refractivity contribution is 9.13. The SMILES string of the molecule is OCc1cc(F)c(Br)c(Br)c1. The summed E-state index contributed by atoms with van der Waals surface area (Å²) in [7, 11) is 0. The lowest BCUT2D eigenvalue weighted by atomic mass is 10.2. The van der Waals surface area contributed by atoms with Crippen LogP contribution in [0.2, 0.25) is 0 Å². The highest BCUT2D eigenvalue weighted by atomic mass is 79.9. The monoisotopic (exact) mass is 282 g/mol. The largest absolute Gasteiger partial charge is 0.392 e. The molecule has 0 aromatic heterocycles. The van der Waals surface area contributed by atoms with Crippen LogP contribution in [0.1, 0.15) is 5.56 Å². The minimum Gasteiger partial charge on any atom is -0.392 e. The van der Waals surface area contributed by atoms with Gasteiger partial charge in [-0.05, 0) is 49.6 Å². The van der Waals surface area contributed by atoms with Crippen LogP contribution in [0.3, 0.4) is 0 Å². The number of aliphatic hydroxyl groups excluding tert-OH is 1. The topological polar surface area (TPSA) is 20.2 Å². The second-order valence-electron chi connectivity index (χ2n) is 2.03. The summed E-state index contributed by atoms with van der Waals surface area (Å²) >= 11 is 6.18. The van der Waals surface area contributed by atoms with Crippen LogP contribution in [0.25, 0.3) is 0 Å². The van der Waals surface area contributed by atoms with Crippen molar-refractivity contribution in [2.24, 2.45) is 0 Å². The van der Waals surface area contributed by atoms with Gasteiger partial charge in [0.2, 0.25) is 0 Å². The maximum atomic E-state index is 12.8. The Morgan fingerprint density at radius 3 is 2.45 bits per heavy atom. The summed E-state index contributed by atoms with van der Waals surface area (Å²) in [5.74, 6) is -0.372. The molecule has 0 radical (unpaired) electrons. The van der Waals surface area contributed by atoms with Crippen LogP contribution in [-0.4, -0.2) is 5.11 Å². The van der Waals surface area contributed by atoms with E-state index in [1.807, 2.05) is 0 Å². The molecule has 0 aliphatic rings. The summed E-state index contributed by atoms with van der Waals surface area (Å²) in [6, 6.07) is 2.95. The normalized spacial score (nSPS) is 10.2. The maximum Gasteiger partial charge on any atom is 0.138 e. The summed E-state index contributed by atoms with van der Waals surface area (Å²) < 4.78 is 13.8. The van der Waals surface area contributed by atoms with Gasteiger partial charge in [-0.15, -0.1) is 0 Å². The van der Waals surface area contributed by atoms with Crippen molar-refractivity contribution in [1.82, 2.24) is 0 Å². The molecule has 1 aromatic rings. The van der Waals surface area contributed by atoms with Crippen molar-refractivity contribution in [2.45, 2.75) is 6.61 Å². The van der Waals surface area contributed by atoms with Gasteiger partial charge in [0.25, 0.3) is 0 Å². The van der Waals surface area contributed by atoms with Crippen molar-refractivity contribution < 1.29 is 9.50 Å². The summed E-state index contributed by atoms with van der Waals surface area (Å²) in [5.41, 5.74) is 0.553. The fraction of sp³-hybridized carbons (Fsp3) is 0.143. The van der Waals surface area contributed by atoms with E-state index in [0.29, 0.717) is 14.5 Å². The minimum absolute atomic E-state index is 0.150.